The van der Waals surface area contributed by atoms with Crippen molar-refractivity contribution in [1.29, 1.82) is 0 Å². The summed E-state index contributed by atoms with van der Waals surface area (Å²) in [5.74, 6) is 0.437. The maximum absolute atomic E-state index is 13.4. The van der Waals surface area contributed by atoms with Crippen LogP contribution in [0.4, 0.5) is 0 Å². The van der Waals surface area contributed by atoms with Crippen LogP contribution in [0.15, 0.2) is 59.7 Å². The number of pyridine rings is 1. The van der Waals surface area contributed by atoms with Crippen molar-refractivity contribution >= 4 is 5.91 Å². The molecule has 3 aromatic rings. The molecule has 1 fully saturated rings. The Labute approximate surface area is 206 Å². The van der Waals surface area contributed by atoms with Crippen molar-refractivity contribution in [3.63, 3.8) is 0 Å². The van der Waals surface area contributed by atoms with Gasteiger partial charge >= 0.3 is 0 Å². The molecule has 1 aromatic carbocycles. The third-order valence-corrected chi connectivity index (χ3v) is 6.47. The van der Waals surface area contributed by atoms with Gasteiger partial charge in [0.1, 0.15) is 0 Å². The van der Waals surface area contributed by atoms with E-state index < -0.39 is 0 Å². The lowest BCUT2D eigenvalue weighted by molar-refractivity contribution is -0.132. The highest BCUT2D eigenvalue weighted by Gasteiger charge is 2.30. The molecule has 0 radical (unpaired) electrons. The van der Waals surface area contributed by atoms with E-state index in [0.717, 1.165) is 16.9 Å². The Morgan fingerprint density at radius 1 is 1.06 bits per heavy atom. The number of ether oxygens (including phenoxy) is 1. The Balaban J connectivity index is 1.57. The van der Waals surface area contributed by atoms with Gasteiger partial charge in [-0.2, -0.15) is 0 Å². The molecule has 1 aliphatic heterocycles. The van der Waals surface area contributed by atoms with Crippen LogP contribution < -0.4 is 5.56 Å². The average Bonchev–Trinajstić information content (AvgIpc) is 2.96. The zero-order valence-electron chi connectivity index (χ0n) is 21.1. The summed E-state index contributed by atoms with van der Waals surface area (Å²) in [6.07, 6.45) is 3.35. The number of para-hydroxylation sites is 1. The maximum Gasteiger partial charge on any atom is 0.276 e. The summed E-state index contributed by atoms with van der Waals surface area (Å²) < 4.78 is 9.86. The third kappa shape index (κ3) is 5.89. The lowest BCUT2D eigenvalue weighted by atomic mass is 10.2. The molecule has 8 heteroatoms. The summed E-state index contributed by atoms with van der Waals surface area (Å²) in [5, 5.41) is 0. The first kappa shape index (κ1) is 24.9. The summed E-state index contributed by atoms with van der Waals surface area (Å²) in [5.41, 5.74) is 3.41. The number of benzene rings is 1. The summed E-state index contributed by atoms with van der Waals surface area (Å²) >= 11 is 0. The van der Waals surface area contributed by atoms with Gasteiger partial charge in [-0.05, 0) is 42.7 Å². The van der Waals surface area contributed by atoms with Gasteiger partial charge in [0.05, 0.1) is 30.5 Å². The van der Waals surface area contributed by atoms with Crippen LogP contribution in [0.1, 0.15) is 30.7 Å². The van der Waals surface area contributed by atoms with E-state index in [9.17, 15) is 9.59 Å². The number of rotatable bonds is 8. The SMILES string of the molecule is Cc1c(CN2CC(=O)N(CC(C)C)CC(OCc3ccncc3)C2)c(=O)n(-c2ccccc2)n1C. The van der Waals surface area contributed by atoms with Crippen LogP contribution >= 0.6 is 0 Å². The van der Waals surface area contributed by atoms with E-state index in [4.69, 9.17) is 4.74 Å². The molecule has 0 saturated carbocycles. The minimum absolute atomic E-state index is 0.0545. The van der Waals surface area contributed by atoms with E-state index >= 15 is 0 Å². The second-order valence-corrected chi connectivity index (χ2v) is 9.69. The number of carbonyl (C=O) groups is 1. The summed E-state index contributed by atoms with van der Waals surface area (Å²) in [6, 6.07) is 13.5. The largest absolute Gasteiger partial charge is 0.370 e. The van der Waals surface area contributed by atoms with Gasteiger partial charge in [-0.3, -0.25) is 24.2 Å². The van der Waals surface area contributed by atoms with Crippen molar-refractivity contribution in [2.45, 2.75) is 40.0 Å². The predicted octanol–water partition coefficient (Wildman–Crippen LogP) is 2.77. The number of nitrogens with zero attached hydrogens (tertiary/aromatic N) is 5. The maximum atomic E-state index is 13.4. The minimum Gasteiger partial charge on any atom is -0.370 e. The average molecular weight is 478 g/mol. The Hall–Kier alpha value is -3.23. The summed E-state index contributed by atoms with van der Waals surface area (Å²) in [7, 11) is 1.89. The van der Waals surface area contributed by atoms with Crippen LogP contribution in [0.5, 0.6) is 0 Å². The molecule has 1 amide bonds. The molecular weight excluding hydrogens is 442 g/mol. The second-order valence-electron chi connectivity index (χ2n) is 9.69. The van der Waals surface area contributed by atoms with E-state index in [1.54, 1.807) is 17.1 Å². The van der Waals surface area contributed by atoms with Gasteiger partial charge in [0.2, 0.25) is 5.91 Å². The van der Waals surface area contributed by atoms with Crippen molar-refractivity contribution in [1.82, 2.24) is 24.1 Å². The number of hydrogen-bond donors (Lipinski definition) is 0. The molecule has 0 spiro atoms. The molecule has 3 heterocycles. The zero-order valence-corrected chi connectivity index (χ0v) is 21.1. The molecule has 4 rings (SSSR count). The van der Waals surface area contributed by atoms with Gasteiger partial charge < -0.3 is 9.64 Å². The van der Waals surface area contributed by atoms with E-state index in [-0.39, 0.29) is 24.1 Å². The number of aromatic nitrogens is 3. The lowest BCUT2D eigenvalue weighted by Crippen LogP contribution is -2.40. The minimum atomic E-state index is -0.159. The van der Waals surface area contributed by atoms with Gasteiger partial charge in [-0.15, -0.1) is 0 Å². The third-order valence-electron chi connectivity index (χ3n) is 6.47. The van der Waals surface area contributed by atoms with E-state index in [2.05, 4.69) is 23.7 Å². The number of amides is 1. The molecule has 0 N–H and O–H groups in total. The van der Waals surface area contributed by atoms with Gasteiger partial charge in [-0.1, -0.05) is 32.0 Å². The van der Waals surface area contributed by atoms with Crippen molar-refractivity contribution in [3.05, 3.63) is 82.0 Å². The highest BCUT2D eigenvalue weighted by atomic mass is 16.5. The second kappa shape index (κ2) is 11.0. The molecule has 1 atom stereocenters. The topological polar surface area (TPSA) is 72.6 Å². The van der Waals surface area contributed by atoms with Gasteiger partial charge in [-0.25, -0.2) is 4.68 Å². The smallest absolute Gasteiger partial charge is 0.276 e. The Bertz CT molecular complexity index is 1190. The normalized spacial score (nSPS) is 17.2. The van der Waals surface area contributed by atoms with Crippen LogP contribution in [0.2, 0.25) is 0 Å². The first-order valence-electron chi connectivity index (χ1n) is 12.2. The summed E-state index contributed by atoms with van der Waals surface area (Å²) in [4.78, 5) is 34.6. The van der Waals surface area contributed by atoms with Crippen LogP contribution in [0.3, 0.4) is 0 Å². The first-order chi connectivity index (χ1) is 16.8. The predicted molar refractivity (Wildman–Crippen MR) is 135 cm³/mol. The number of carbonyl (C=O) groups excluding carboxylic acids is 1. The van der Waals surface area contributed by atoms with Crippen molar-refractivity contribution in [3.8, 4) is 5.69 Å². The van der Waals surface area contributed by atoms with Gasteiger partial charge in [0.25, 0.3) is 5.56 Å². The Morgan fingerprint density at radius 2 is 1.77 bits per heavy atom. The highest BCUT2D eigenvalue weighted by molar-refractivity contribution is 5.78. The molecule has 35 heavy (non-hydrogen) atoms. The van der Waals surface area contributed by atoms with Crippen molar-refractivity contribution in [2.75, 3.05) is 26.2 Å². The molecule has 1 saturated heterocycles. The van der Waals surface area contributed by atoms with E-state index in [1.165, 1.54) is 0 Å². The fraction of sp³-hybridized carbons (Fsp3) is 0.444. The number of hydrogen-bond acceptors (Lipinski definition) is 5. The standard InChI is InChI=1S/C27H35N5O3/c1-20(2)14-31-16-24(35-19-22-10-12-28-13-11-22)15-30(18-26(31)33)17-25-21(3)29(4)32(27(25)34)23-8-6-5-7-9-23/h5-13,20,24H,14-19H2,1-4H3. The zero-order chi connectivity index (χ0) is 24.9. The highest BCUT2D eigenvalue weighted by Crippen LogP contribution is 2.17. The molecule has 2 aromatic heterocycles. The van der Waals surface area contributed by atoms with Crippen molar-refractivity contribution < 1.29 is 9.53 Å². The molecule has 0 bridgehead atoms. The Kier molecular flexibility index (Phi) is 7.83. The van der Waals surface area contributed by atoms with Crippen LogP contribution in [0.25, 0.3) is 5.69 Å². The quantitative estimate of drug-likeness (QED) is 0.499. The van der Waals surface area contributed by atoms with E-state index in [1.807, 2.05) is 66.0 Å². The van der Waals surface area contributed by atoms with E-state index in [0.29, 0.717) is 44.3 Å². The first-order valence-corrected chi connectivity index (χ1v) is 12.2. The fourth-order valence-electron chi connectivity index (χ4n) is 4.61. The monoisotopic (exact) mass is 477 g/mol. The summed E-state index contributed by atoms with van der Waals surface area (Å²) in [6.45, 7) is 9.10. The molecule has 1 aliphatic rings. The molecule has 1 unspecified atom stereocenters. The van der Waals surface area contributed by atoms with Crippen LogP contribution in [-0.2, 0) is 29.7 Å². The molecule has 0 aliphatic carbocycles. The molecular formula is C27H35N5O3. The van der Waals surface area contributed by atoms with Crippen LogP contribution in [-0.4, -0.2) is 62.3 Å². The molecule has 8 nitrogen and oxygen atoms in total. The Morgan fingerprint density at radius 3 is 2.46 bits per heavy atom. The van der Waals surface area contributed by atoms with Crippen LogP contribution in [0, 0.1) is 12.8 Å². The molecule has 186 valence electrons. The lowest BCUT2D eigenvalue weighted by Gasteiger charge is -2.26. The van der Waals surface area contributed by atoms with Crippen molar-refractivity contribution in [2.24, 2.45) is 13.0 Å². The van der Waals surface area contributed by atoms with Gasteiger partial charge in [0.15, 0.2) is 0 Å². The fourth-order valence-corrected chi connectivity index (χ4v) is 4.61. The van der Waals surface area contributed by atoms with Gasteiger partial charge in [0, 0.05) is 51.3 Å².